The largest absolute Gasteiger partial charge is 0.495 e. The van der Waals surface area contributed by atoms with E-state index in [0.29, 0.717) is 35.4 Å². The molecule has 0 bridgehead atoms. The van der Waals surface area contributed by atoms with E-state index in [1.165, 1.54) is 14.2 Å². The topological polar surface area (TPSA) is 68.8 Å². The highest BCUT2D eigenvalue weighted by Crippen LogP contribution is 2.36. The van der Waals surface area contributed by atoms with E-state index in [1.54, 1.807) is 26.2 Å². The first-order chi connectivity index (χ1) is 10.0. The Labute approximate surface area is 129 Å². The number of amides is 1. The van der Waals surface area contributed by atoms with Crippen LogP contribution in [0.3, 0.4) is 0 Å². The highest BCUT2D eigenvalue weighted by molar-refractivity contribution is 6.32. The molecule has 0 fully saturated rings. The van der Waals surface area contributed by atoms with Gasteiger partial charge in [-0.15, -0.1) is 0 Å². The van der Waals surface area contributed by atoms with Crippen LogP contribution in [0.1, 0.15) is 6.92 Å². The number of hydrogen-bond donors (Lipinski definition) is 2. The van der Waals surface area contributed by atoms with Crippen LogP contribution in [0.15, 0.2) is 12.1 Å². The van der Waals surface area contributed by atoms with E-state index < -0.39 is 6.04 Å². The number of rotatable bonds is 8. The Balaban J connectivity index is 2.77. The molecule has 0 radical (unpaired) electrons. The number of carbonyl (C=O) groups excluding carboxylic acids is 1. The molecule has 0 heterocycles. The Morgan fingerprint density at radius 3 is 2.48 bits per heavy atom. The third-order valence-corrected chi connectivity index (χ3v) is 3.14. The predicted octanol–water partition coefficient (Wildman–Crippen LogP) is 1.92. The fourth-order valence-corrected chi connectivity index (χ4v) is 1.94. The van der Waals surface area contributed by atoms with Crippen molar-refractivity contribution >= 4 is 23.2 Å². The zero-order valence-corrected chi connectivity index (χ0v) is 13.4. The maximum absolute atomic E-state index is 11.9. The highest BCUT2D eigenvalue weighted by Gasteiger charge is 2.16. The molecule has 1 rings (SSSR count). The third kappa shape index (κ3) is 4.99. The Kier molecular flexibility index (Phi) is 7.11. The average molecular weight is 317 g/mol. The van der Waals surface area contributed by atoms with Crippen molar-refractivity contribution in [3.63, 3.8) is 0 Å². The van der Waals surface area contributed by atoms with Crippen molar-refractivity contribution in [1.29, 1.82) is 0 Å². The third-order valence-electron chi connectivity index (χ3n) is 2.84. The second-order valence-corrected chi connectivity index (χ2v) is 4.74. The molecule has 21 heavy (non-hydrogen) atoms. The van der Waals surface area contributed by atoms with Crippen molar-refractivity contribution in [3.8, 4) is 11.5 Å². The van der Waals surface area contributed by atoms with E-state index in [1.807, 2.05) is 0 Å². The number of benzene rings is 1. The summed E-state index contributed by atoms with van der Waals surface area (Å²) in [4.78, 5) is 11.9. The van der Waals surface area contributed by atoms with Gasteiger partial charge in [0.1, 0.15) is 17.5 Å². The average Bonchev–Trinajstić information content (AvgIpc) is 2.47. The SMILES string of the molecule is COCCNC(=O)C(C)Nc1cc(Cl)c(OC)cc1OC. The van der Waals surface area contributed by atoms with Gasteiger partial charge in [-0.05, 0) is 13.0 Å². The molecule has 6 nitrogen and oxygen atoms in total. The minimum absolute atomic E-state index is 0.138. The molecular formula is C14H21ClN2O4. The second-order valence-electron chi connectivity index (χ2n) is 4.34. The van der Waals surface area contributed by atoms with Crippen molar-refractivity contribution in [1.82, 2.24) is 5.32 Å². The van der Waals surface area contributed by atoms with Gasteiger partial charge in [-0.2, -0.15) is 0 Å². The van der Waals surface area contributed by atoms with E-state index in [2.05, 4.69) is 10.6 Å². The molecule has 0 spiro atoms. The number of carbonyl (C=O) groups is 1. The minimum Gasteiger partial charge on any atom is -0.495 e. The molecule has 0 saturated carbocycles. The molecule has 1 aromatic carbocycles. The number of anilines is 1. The number of methoxy groups -OCH3 is 3. The fourth-order valence-electron chi connectivity index (χ4n) is 1.70. The van der Waals surface area contributed by atoms with Crippen molar-refractivity contribution < 1.29 is 19.0 Å². The van der Waals surface area contributed by atoms with Crippen LogP contribution >= 0.6 is 11.6 Å². The normalized spacial score (nSPS) is 11.7. The van der Waals surface area contributed by atoms with E-state index >= 15 is 0 Å². The zero-order chi connectivity index (χ0) is 15.8. The summed E-state index contributed by atoms with van der Waals surface area (Å²) < 4.78 is 15.3. The lowest BCUT2D eigenvalue weighted by Crippen LogP contribution is -2.39. The quantitative estimate of drug-likeness (QED) is 0.717. The summed E-state index contributed by atoms with van der Waals surface area (Å²) in [6, 6.07) is 2.89. The first kappa shape index (κ1) is 17.4. The van der Waals surface area contributed by atoms with Crippen LogP contribution in [-0.2, 0) is 9.53 Å². The van der Waals surface area contributed by atoms with Crippen molar-refractivity contribution in [3.05, 3.63) is 17.2 Å². The zero-order valence-electron chi connectivity index (χ0n) is 12.7. The number of nitrogens with one attached hydrogen (secondary N) is 2. The molecule has 0 aliphatic heterocycles. The van der Waals surface area contributed by atoms with Gasteiger partial charge in [0, 0.05) is 19.7 Å². The van der Waals surface area contributed by atoms with E-state index in [4.69, 9.17) is 25.8 Å². The van der Waals surface area contributed by atoms with Crippen molar-refractivity contribution in [2.75, 3.05) is 39.8 Å². The molecule has 0 aromatic heterocycles. The number of ether oxygens (including phenoxy) is 3. The van der Waals surface area contributed by atoms with Gasteiger partial charge in [0.15, 0.2) is 0 Å². The Hall–Kier alpha value is -1.66. The fraction of sp³-hybridized carbons (Fsp3) is 0.500. The molecule has 0 aliphatic carbocycles. The minimum atomic E-state index is -0.444. The number of halogens is 1. The van der Waals surface area contributed by atoms with E-state index in [0.717, 1.165) is 0 Å². The predicted molar refractivity (Wildman–Crippen MR) is 82.5 cm³/mol. The summed E-state index contributed by atoms with van der Waals surface area (Å²) in [6.07, 6.45) is 0. The summed E-state index contributed by atoms with van der Waals surface area (Å²) in [5.41, 5.74) is 0.623. The van der Waals surface area contributed by atoms with Gasteiger partial charge < -0.3 is 24.8 Å². The standard InChI is InChI=1S/C14H21ClN2O4/c1-9(14(18)16-5-6-19-2)17-11-7-10(15)12(20-3)8-13(11)21-4/h7-9,17H,5-6H2,1-4H3,(H,16,18). The van der Waals surface area contributed by atoms with Gasteiger partial charge in [-0.25, -0.2) is 0 Å². The molecule has 1 unspecified atom stereocenters. The molecule has 1 amide bonds. The second kappa shape index (κ2) is 8.59. The van der Waals surface area contributed by atoms with Gasteiger partial charge in [0.25, 0.3) is 0 Å². The van der Waals surface area contributed by atoms with Crippen LogP contribution in [0.4, 0.5) is 5.69 Å². The van der Waals surface area contributed by atoms with Crippen LogP contribution in [0.2, 0.25) is 5.02 Å². The van der Waals surface area contributed by atoms with Gasteiger partial charge in [-0.1, -0.05) is 11.6 Å². The van der Waals surface area contributed by atoms with Gasteiger partial charge >= 0.3 is 0 Å². The lowest BCUT2D eigenvalue weighted by molar-refractivity contribution is -0.121. The van der Waals surface area contributed by atoms with Crippen LogP contribution in [0.5, 0.6) is 11.5 Å². The van der Waals surface area contributed by atoms with Crippen LogP contribution in [0, 0.1) is 0 Å². The van der Waals surface area contributed by atoms with Crippen molar-refractivity contribution in [2.24, 2.45) is 0 Å². The molecule has 118 valence electrons. The Bertz CT molecular complexity index is 482. The van der Waals surface area contributed by atoms with Gasteiger partial charge in [0.2, 0.25) is 5.91 Å². The summed E-state index contributed by atoms with van der Waals surface area (Å²) in [5, 5.41) is 6.25. The number of hydrogen-bond acceptors (Lipinski definition) is 5. The van der Waals surface area contributed by atoms with Crippen LogP contribution in [-0.4, -0.2) is 46.4 Å². The Morgan fingerprint density at radius 1 is 1.24 bits per heavy atom. The van der Waals surface area contributed by atoms with Gasteiger partial charge in [-0.3, -0.25) is 4.79 Å². The molecule has 7 heteroatoms. The van der Waals surface area contributed by atoms with Crippen LogP contribution in [0.25, 0.3) is 0 Å². The highest BCUT2D eigenvalue weighted by atomic mass is 35.5. The van der Waals surface area contributed by atoms with Gasteiger partial charge in [0.05, 0.1) is 31.5 Å². The molecule has 0 aliphatic rings. The summed E-state index contributed by atoms with van der Waals surface area (Å²) in [7, 11) is 4.65. The lowest BCUT2D eigenvalue weighted by atomic mass is 10.2. The van der Waals surface area contributed by atoms with Crippen LogP contribution < -0.4 is 20.1 Å². The monoisotopic (exact) mass is 316 g/mol. The summed E-state index contributed by atoms with van der Waals surface area (Å²) in [5.74, 6) is 0.921. The maximum atomic E-state index is 11.9. The molecular weight excluding hydrogens is 296 g/mol. The first-order valence-corrected chi connectivity index (χ1v) is 6.86. The lowest BCUT2D eigenvalue weighted by Gasteiger charge is -2.18. The molecule has 1 atom stereocenters. The molecule has 1 aromatic rings. The maximum Gasteiger partial charge on any atom is 0.242 e. The van der Waals surface area contributed by atoms with E-state index in [-0.39, 0.29) is 5.91 Å². The molecule has 0 saturated heterocycles. The summed E-state index contributed by atoms with van der Waals surface area (Å²) >= 11 is 6.09. The van der Waals surface area contributed by atoms with E-state index in [9.17, 15) is 4.79 Å². The van der Waals surface area contributed by atoms with Crippen molar-refractivity contribution in [2.45, 2.75) is 13.0 Å². The Morgan fingerprint density at radius 2 is 1.90 bits per heavy atom. The summed E-state index contributed by atoms with van der Waals surface area (Å²) in [6.45, 7) is 2.68. The molecule has 2 N–H and O–H groups in total. The smallest absolute Gasteiger partial charge is 0.242 e. The first-order valence-electron chi connectivity index (χ1n) is 6.48.